The van der Waals surface area contributed by atoms with Crippen molar-refractivity contribution in [2.75, 3.05) is 54.9 Å². The van der Waals surface area contributed by atoms with Crippen LogP contribution >= 0.6 is 23.2 Å². The number of furan rings is 1. The maximum absolute atomic E-state index is 12.7. The van der Waals surface area contributed by atoms with Crippen molar-refractivity contribution in [3.8, 4) is 0 Å². The van der Waals surface area contributed by atoms with E-state index in [1.807, 2.05) is 64.1 Å². The number of hydrogen-bond donors (Lipinski definition) is 3. The lowest BCUT2D eigenvalue weighted by Gasteiger charge is -2.48. The molecule has 4 aromatic rings. The smallest absolute Gasteiger partial charge is 0.253 e. The van der Waals surface area contributed by atoms with E-state index >= 15 is 0 Å². The lowest BCUT2D eigenvalue weighted by atomic mass is 9.85. The molecule has 2 aromatic heterocycles. The van der Waals surface area contributed by atoms with Crippen LogP contribution in [-0.4, -0.2) is 71.3 Å². The van der Waals surface area contributed by atoms with Crippen LogP contribution in [0.3, 0.4) is 0 Å². The predicted octanol–water partition coefficient (Wildman–Crippen LogP) is 6.93. The third-order valence-corrected chi connectivity index (χ3v) is 10.9. The molecule has 2 fully saturated rings. The number of piperazine rings is 1. The van der Waals surface area contributed by atoms with Crippen LogP contribution in [0.4, 0.5) is 22.9 Å². The topological polar surface area (TPSA) is 114 Å². The fourth-order valence-corrected chi connectivity index (χ4v) is 7.96. The van der Waals surface area contributed by atoms with Gasteiger partial charge in [-0.1, -0.05) is 63.0 Å². The molecule has 2 aromatic carbocycles. The van der Waals surface area contributed by atoms with Gasteiger partial charge in [-0.2, -0.15) is 0 Å². The summed E-state index contributed by atoms with van der Waals surface area (Å²) in [5, 5.41) is 17.8. The van der Waals surface area contributed by atoms with E-state index in [0.29, 0.717) is 39.4 Å². The van der Waals surface area contributed by atoms with E-state index in [0.717, 1.165) is 63.3 Å². The average Bonchev–Trinajstić information content (AvgIpc) is 3.53. The zero-order chi connectivity index (χ0) is 35.7. The second kappa shape index (κ2) is 15.1. The van der Waals surface area contributed by atoms with E-state index < -0.39 is 10.9 Å². The average molecular weight is 724 g/mol. The van der Waals surface area contributed by atoms with Gasteiger partial charge in [0.1, 0.15) is 28.7 Å². The number of aromatic nitrogens is 1. The van der Waals surface area contributed by atoms with Gasteiger partial charge in [-0.05, 0) is 67.5 Å². The number of anilines is 4. The van der Waals surface area contributed by atoms with E-state index in [1.54, 1.807) is 12.3 Å². The third kappa shape index (κ3) is 7.60. The van der Waals surface area contributed by atoms with Crippen LogP contribution in [0.25, 0.3) is 0 Å². The number of benzene rings is 1. The zero-order valence-electron chi connectivity index (χ0n) is 29.5. The predicted molar refractivity (Wildman–Crippen MR) is 202 cm³/mol. The van der Waals surface area contributed by atoms with Crippen molar-refractivity contribution >= 4 is 46.1 Å². The normalized spacial score (nSPS) is 19.5. The molecule has 0 unspecified atom stereocenters. The highest BCUT2D eigenvalue weighted by atomic mass is 35.5. The van der Waals surface area contributed by atoms with Gasteiger partial charge in [0.25, 0.3) is 10.9 Å². The molecule has 2 aliphatic heterocycles. The zero-order valence-corrected chi connectivity index (χ0v) is 31.0. The SMILES string of the molecule is CC[C@H]1CN(c2ncc(Nc3c(N[C@@H](c4ccc(C)o4)C(C)(C)C)c(=O)c3=O)cc2Cl)CCN1C1CCN([C@H](CO)c2ccc(Cl)cc2)CC1. The number of halogens is 2. The first-order valence-electron chi connectivity index (χ1n) is 17.6. The molecule has 2 aliphatic rings. The van der Waals surface area contributed by atoms with Crippen molar-refractivity contribution in [3.63, 3.8) is 0 Å². The molecule has 0 bridgehead atoms. The summed E-state index contributed by atoms with van der Waals surface area (Å²) < 4.78 is 5.89. The molecule has 6 rings (SSSR count). The molecular formula is C38H48Cl2N6O4. The molecule has 0 saturated carbocycles. The minimum atomic E-state index is -0.583. The number of pyridine rings is 1. The summed E-state index contributed by atoms with van der Waals surface area (Å²) in [5.41, 5.74) is 0.609. The van der Waals surface area contributed by atoms with Gasteiger partial charge in [0.15, 0.2) is 0 Å². The minimum absolute atomic E-state index is 0.0220. The first-order valence-corrected chi connectivity index (χ1v) is 18.3. The number of nitrogens with zero attached hydrogens (tertiary/aromatic N) is 4. The monoisotopic (exact) mass is 722 g/mol. The first kappa shape index (κ1) is 36.4. The number of nitrogens with one attached hydrogen (secondary N) is 2. The molecule has 4 heterocycles. The van der Waals surface area contributed by atoms with Gasteiger partial charge >= 0.3 is 0 Å². The number of hydrogen-bond acceptors (Lipinski definition) is 10. The van der Waals surface area contributed by atoms with E-state index in [1.165, 1.54) is 0 Å². The van der Waals surface area contributed by atoms with Crippen molar-refractivity contribution in [1.29, 1.82) is 0 Å². The van der Waals surface area contributed by atoms with Crippen LogP contribution < -0.4 is 26.4 Å². The standard InChI is InChI=1S/C38H48Cl2N6O4/c1-6-27-21-45(17-18-46(27)28-13-15-44(16-14-28)30(22-47)24-8-10-25(39)11-9-24)37-29(40)19-26(20-41-37)42-32-33(35(49)34(32)48)43-36(38(3,4)5)31-12-7-23(2)50-31/h7-12,19-20,27-28,30,36,42-43,47H,6,13-18,21-22H2,1-5H3/t27-,30+,36-/m0/s1. The number of rotatable bonds is 11. The van der Waals surface area contributed by atoms with Crippen LogP contribution in [0.1, 0.15) is 76.1 Å². The second-order valence-electron chi connectivity index (χ2n) is 14.7. The summed E-state index contributed by atoms with van der Waals surface area (Å²) in [6, 6.07) is 13.8. The molecule has 268 valence electrons. The number of aryl methyl sites for hydroxylation is 1. The molecule has 0 amide bonds. The summed E-state index contributed by atoms with van der Waals surface area (Å²) in [4.78, 5) is 37.4. The molecule has 12 heteroatoms. The van der Waals surface area contributed by atoms with Crippen LogP contribution in [0.5, 0.6) is 0 Å². The molecule has 50 heavy (non-hydrogen) atoms. The minimum Gasteiger partial charge on any atom is -0.464 e. The highest BCUT2D eigenvalue weighted by molar-refractivity contribution is 6.33. The molecule has 0 spiro atoms. The summed E-state index contributed by atoms with van der Waals surface area (Å²) in [6.45, 7) is 14.7. The van der Waals surface area contributed by atoms with Gasteiger partial charge in [-0.3, -0.25) is 19.4 Å². The Kier molecular flexibility index (Phi) is 11.0. The van der Waals surface area contributed by atoms with Crippen molar-refractivity contribution in [2.45, 2.75) is 78.0 Å². The first-order chi connectivity index (χ1) is 23.9. The summed E-state index contributed by atoms with van der Waals surface area (Å²) in [6.07, 6.45) is 4.77. The lowest BCUT2D eigenvalue weighted by Crippen LogP contribution is -2.58. The number of likely N-dealkylation sites (tertiary alicyclic amines) is 1. The van der Waals surface area contributed by atoms with E-state index in [4.69, 9.17) is 32.6 Å². The van der Waals surface area contributed by atoms with Crippen LogP contribution in [0.15, 0.2) is 62.7 Å². The number of aliphatic hydroxyl groups excluding tert-OH is 1. The van der Waals surface area contributed by atoms with Crippen LogP contribution in [-0.2, 0) is 0 Å². The molecule has 2 saturated heterocycles. The Morgan fingerprint density at radius 3 is 2.30 bits per heavy atom. The van der Waals surface area contributed by atoms with Gasteiger partial charge in [0.2, 0.25) is 0 Å². The molecule has 10 nitrogen and oxygen atoms in total. The maximum Gasteiger partial charge on any atom is 0.253 e. The van der Waals surface area contributed by atoms with Crippen molar-refractivity contribution in [1.82, 2.24) is 14.8 Å². The Labute approximate surface area is 304 Å². The Balaban J connectivity index is 1.09. The Morgan fingerprint density at radius 2 is 1.70 bits per heavy atom. The molecule has 3 N–H and O–H groups in total. The Bertz CT molecular complexity index is 1840. The molecule has 0 radical (unpaired) electrons. The Hall–Kier alpha value is -3.41. The van der Waals surface area contributed by atoms with Gasteiger partial charge in [-0.15, -0.1) is 0 Å². The number of aliphatic hydroxyl groups is 1. The van der Waals surface area contributed by atoms with E-state index in [-0.39, 0.29) is 35.5 Å². The fourth-order valence-electron chi connectivity index (χ4n) is 7.54. The van der Waals surface area contributed by atoms with Gasteiger partial charge < -0.3 is 25.1 Å². The largest absolute Gasteiger partial charge is 0.464 e. The highest BCUT2D eigenvalue weighted by Crippen LogP contribution is 2.38. The lowest BCUT2D eigenvalue weighted by molar-refractivity contribution is 0.0356. The molecule has 0 aliphatic carbocycles. The Morgan fingerprint density at radius 1 is 1.00 bits per heavy atom. The van der Waals surface area contributed by atoms with Crippen LogP contribution in [0, 0.1) is 12.3 Å². The fraction of sp³-hybridized carbons (Fsp3) is 0.500. The molecule has 3 atom stereocenters. The summed E-state index contributed by atoms with van der Waals surface area (Å²) >= 11 is 12.9. The highest BCUT2D eigenvalue weighted by Gasteiger charge is 2.36. The summed E-state index contributed by atoms with van der Waals surface area (Å²) in [5.74, 6) is 2.18. The van der Waals surface area contributed by atoms with E-state index in [2.05, 4.69) is 32.3 Å². The second-order valence-corrected chi connectivity index (χ2v) is 15.6. The quantitative estimate of drug-likeness (QED) is 0.141. The third-order valence-electron chi connectivity index (χ3n) is 10.3. The van der Waals surface area contributed by atoms with Crippen molar-refractivity contribution < 1.29 is 9.52 Å². The van der Waals surface area contributed by atoms with Crippen molar-refractivity contribution in [3.05, 3.63) is 96.2 Å². The molecular weight excluding hydrogens is 675 g/mol. The summed E-state index contributed by atoms with van der Waals surface area (Å²) in [7, 11) is 0. The van der Waals surface area contributed by atoms with Gasteiger partial charge in [0.05, 0.1) is 35.6 Å². The number of piperidine rings is 1. The van der Waals surface area contributed by atoms with Gasteiger partial charge in [-0.25, -0.2) is 4.98 Å². The maximum atomic E-state index is 12.7. The van der Waals surface area contributed by atoms with Crippen LogP contribution in [0.2, 0.25) is 10.0 Å². The van der Waals surface area contributed by atoms with Gasteiger partial charge in [0, 0.05) is 49.8 Å². The van der Waals surface area contributed by atoms with Crippen molar-refractivity contribution in [2.24, 2.45) is 5.41 Å². The van der Waals surface area contributed by atoms with E-state index in [9.17, 15) is 14.7 Å².